The number of urea groups is 1. The van der Waals surface area contributed by atoms with E-state index in [1.165, 1.54) is 11.3 Å². The summed E-state index contributed by atoms with van der Waals surface area (Å²) in [5, 5.41) is 7.49. The van der Waals surface area contributed by atoms with E-state index in [-0.39, 0.29) is 11.9 Å². The predicted octanol–water partition coefficient (Wildman–Crippen LogP) is 2.07. The fourth-order valence-electron chi connectivity index (χ4n) is 2.87. The molecular weight excluding hydrogens is 338 g/mol. The van der Waals surface area contributed by atoms with Crippen molar-refractivity contribution >= 4 is 23.3 Å². The summed E-state index contributed by atoms with van der Waals surface area (Å²) in [5.74, 6) is -0.0780. The van der Waals surface area contributed by atoms with E-state index in [4.69, 9.17) is 0 Å². The van der Waals surface area contributed by atoms with Crippen LogP contribution in [0, 0.1) is 6.92 Å². The lowest BCUT2D eigenvalue weighted by molar-refractivity contribution is 0.0954. The van der Waals surface area contributed by atoms with Gasteiger partial charge in [0, 0.05) is 32.1 Å². The maximum absolute atomic E-state index is 12.2. The highest BCUT2D eigenvalue weighted by molar-refractivity contribution is 7.13. The zero-order chi connectivity index (χ0) is 18.0. The number of aryl methyl sites for hydroxylation is 2. The molecule has 0 aromatic carbocycles. The minimum Gasteiger partial charge on any atom is -0.346 e. The first-order valence-electron chi connectivity index (χ1n) is 8.30. The second kappa shape index (κ2) is 7.26. The van der Waals surface area contributed by atoms with E-state index in [9.17, 15) is 9.59 Å². The first-order chi connectivity index (χ1) is 11.9. The van der Waals surface area contributed by atoms with Gasteiger partial charge in [0.2, 0.25) is 0 Å². The standard InChI is InChI=1S/C17H23N5O2S/c1-12-5-6-15(25-12)16(23)18-10-13-9-14-11-21(17(24)20(2)3)7-4-8-22(14)19-13/h5-6,9H,4,7-8,10-11H2,1-3H3,(H,18,23). The molecule has 0 radical (unpaired) electrons. The minimum atomic E-state index is -0.0780. The summed E-state index contributed by atoms with van der Waals surface area (Å²) in [6.07, 6.45) is 0.870. The van der Waals surface area contributed by atoms with Gasteiger partial charge >= 0.3 is 6.03 Å². The third-order valence-corrected chi connectivity index (χ3v) is 5.11. The van der Waals surface area contributed by atoms with Crippen LogP contribution in [0.25, 0.3) is 0 Å². The van der Waals surface area contributed by atoms with Crippen molar-refractivity contribution in [2.24, 2.45) is 0 Å². The monoisotopic (exact) mass is 361 g/mol. The van der Waals surface area contributed by atoms with Crippen LogP contribution in [0.15, 0.2) is 18.2 Å². The SMILES string of the molecule is Cc1ccc(C(=O)NCc2cc3n(n2)CCCN(C(=O)N(C)C)C3)s1. The molecule has 0 fully saturated rings. The van der Waals surface area contributed by atoms with Gasteiger partial charge in [-0.2, -0.15) is 5.10 Å². The number of aromatic nitrogens is 2. The Labute approximate surface area is 151 Å². The largest absolute Gasteiger partial charge is 0.346 e. The normalized spacial score (nSPS) is 14.0. The Kier molecular flexibility index (Phi) is 5.08. The smallest absolute Gasteiger partial charge is 0.319 e. The quantitative estimate of drug-likeness (QED) is 0.910. The van der Waals surface area contributed by atoms with Crippen LogP contribution in [0.5, 0.6) is 0 Å². The zero-order valence-electron chi connectivity index (χ0n) is 14.8. The van der Waals surface area contributed by atoms with Gasteiger partial charge in [0.15, 0.2) is 0 Å². The molecule has 0 unspecified atom stereocenters. The number of nitrogens with one attached hydrogen (secondary N) is 1. The fourth-order valence-corrected chi connectivity index (χ4v) is 3.65. The molecule has 0 bridgehead atoms. The van der Waals surface area contributed by atoms with E-state index in [1.54, 1.807) is 19.0 Å². The summed E-state index contributed by atoms with van der Waals surface area (Å²) in [5.41, 5.74) is 1.82. The predicted molar refractivity (Wildman–Crippen MR) is 96.6 cm³/mol. The number of hydrogen-bond donors (Lipinski definition) is 1. The van der Waals surface area contributed by atoms with Crippen LogP contribution in [0.4, 0.5) is 4.79 Å². The molecule has 0 saturated heterocycles. The number of carbonyl (C=O) groups excluding carboxylic acids is 2. The number of fused-ring (bicyclic) bond motifs is 1. The molecule has 1 aliphatic rings. The second-order valence-electron chi connectivity index (χ2n) is 6.40. The molecule has 3 amide bonds. The summed E-state index contributed by atoms with van der Waals surface area (Å²) in [6, 6.07) is 5.76. The van der Waals surface area contributed by atoms with E-state index in [0.29, 0.717) is 18.0 Å². The topological polar surface area (TPSA) is 70.5 Å². The highest BCUT2D eigenvalue weighted by atomic mass is 32.1. The van der Waals surface area contributed by atoms with E-state index in [1.807, 2.05) is 34.7 Å². The average molecular weight is 361 g/mol. The number of amides is 3. The Balaban J connectivity index is 1.65. The molecular formula is C17H23N5O2S. The maximum Gasteiger partial charge on any atom is 0.319 e. The van der Waals surface area contributed by atoms with Crippen molar-refractivity contribution in [2.45, 2.75) is 33.0 Å². The number of carbonyl (C=O) groups is 2. The number of rotatable bonds is 3. The first kappa shape index (κ1) is 17.5. The van der Waals surface area contributed by atoms with E-state index in [0.717, 1.165) is 35.8 Å². The molecule has 2 aromatic rings. The summed E-state index contributed by atoms with van der Waals surface area (Å²) >= 11 is 1.48. The molecule has 3 rings (SSSR count). The van der Waals surface area contributed by atoms with Gasteiger partial charge < -0.3 is 15.1 Å². The third-order valence-electron chi connectivity index (χ3n) is 4.11. The van der Waals surface area contributed by atoms with Gasteiger partial charge in [-0.1, -0.05) is 0 Å². The Hall–Kier alpha value is -2.35. The van der Waals surface area contributed by atoms with Gasteiger partial charge in [0.1, 0.15) is 0 Å². The summed E-state index contributed by atoms with van der Waals surface area (Å²) in [4.78, 5) is 29.6. The Morgan fingerprint density at radius 2 is 2.12 bits per heavy atom. The van der Waals surface area contributed by atoms with Crippen LogP contribution in [0.2, 0.25) is 0 Å². The van der Waals surface area contributed by atoms with Gasteiger partial charge in [0.05, 0.1) is 29.4 Å². The lowest BCUT2D eigenvalue weighted by atomic mass is 10.3. The van der Waals surface area contributed by atoms with E-state index < -0.39 is 0 Å². The van der Waals surface area contributed by atoms with Crippen molar-refractivity contribution in [3.05, 3.63) is 39.3 Å². The van der Waals surface area contributed by atoms with Crippen LogP contribution < -0.4 is 5.32 Å². The zero-order valence-corrected chi connectivity index (χ0v) is 15.6. The molecule has 2 aromatic heterocycles. The van der Waals surface area contributed by atoms with Crippen molar-refractivity contribution < 1.29 is 9.59 Å². The van der Waals surface area contributed by atoms with E-state index >= 15 is 0 Å². The molecule has 0 saturated carbocycles. The highest BCUT2D eigenvalue weighted by Crippen LogP contribution is 2.16. The van der Waals surface area contributed by atoms with Crippen LogP contribution >= 0.6 is 11.3 Å². The van der Waals surface area contributed by atoms with Crippen LogP contribution in [0.3, 0.4) is 0 Å². The van der Waals surface area contributed by atoms with Crippen molar-refractivity contribution in [3.63, 3.8) is 0 Å². The van der Waals surface area contributed by atoms with Gasteiger partial charge in [-0.3, -0.25) is 9.48 Å². The molecule has 0 atom stereocenters. The Morgan fingerprint density at radius 3 is 2.80 bits per heavy atom. The highest BCUT2D eigenvalue weighted by Gasteiger charge is 2.21. The summed E-state index contributed by atoms with van der Waals surface area (Å²) in [6.45, 7) is 4.42. The lowest BCUT2D eigenvalue weighted by Crippen LogP contribution is -2.38. The number of hydrogen-bond acceptors (Lipinski definition) is 4. The van der Waals surface area contributed by atoms with Crippen molar-refractivity contribution in [2.75, 3.05) is 20.6 Å². The molecule has 0 aliphatic carbocycles. The Morgan fingerprint density at radius 1 is 1.32 bits per heavy atom. The summed E-state index contributed by atoms with van der Waals surface area (Å²) < 4.78 is 1.94. The van der Waals surface area contributed by atoms with Crippen molar-refractivity contribution in [1.82, 2.24) is 24.9 Å². The Bertz CT molecular complexity index is 780. The van der Waals surface area contributed by atoms with Crippen molar-refractivity contribution in [1.29, 1.82) is 0 Å². The van der Waals surface area contributed by atoms with Gasteiger partial charge in [-0.05, 0) is 31.5 Å². The summed E-state index contributed by atoms with van der Waals surface area (Å²) in [7, 11) is 3.52. The van der Waals surface area contributed by atoms with Crippen LogP contribution in [0.1, 0.15) is 32.4 Å². The van der Waals surface area contributed by atoms with Gasteiger partial charge in [-0.15, -0.1) is 11.3 Å². The number of thiophene rings is 1. The molecule has 3 heterocycles. The van der Waals surface area contributed by atoms with Gasteiger partial charge in [0.25, 0.3) is 5.91 Å². The molecule has 7 nitrogen and oxygen atoms in total. The molecule has 0 spiro atoms. The molecule has 1 aliphatic heterocycles. The third kappa shape index (κ3) is 4.01. The molecule has 8 heteroatoms. The lowest BCUT2D eigenvalue weighted by Gasteiger charge is -2.23. The van der Waals surface area contributed by atoms with Crippen LogP contribution in [-0.2, 0) is 19.6 Å². The fraction of sp³-hybridized carbons (Fsp3) is 0.471. The maximum atomic E-state index is 12.2. The molecule has 1 N–H and O–H groups in total. The minimum absolute atomic E-state index is 0.0116. The molecule has 25 heavy (non-hydrogen) atoms. The second-order valence-corrected chi connectivity index (χ2v) is 7.68. The van der Waals surface area contributed by atoms with Crippen LogP contribution in [-0.4, -0.2) is 52.2 Å². The van der Waals surface area contributed by atoms with Crippen molar-refractivity contribution in [3.8, 4) is 0 Å². The number of nitrogens with zero attached hydrogens (tertiary/aromatic N) is 4. The van der Waals surface area contributed by atoms with Gasteiger partial charge in [-0.25, -0.2) is 4.79 Å². The average Bonchev–Trinajstić information content (AvgIpc) is 3.12. The first-order valence-corrected chi connectivity index (χ1v) is 9.12. The van der Waals surface area contributed by atoms with E-state index in [2.05, 4.69) is 10.4 Å². The molecule has 134 valence electrons.